The Morgan fingerprint density at radius 2 is 1.63 bits per heavy atom. The predicted octanol–water partition coefficient (Wildman–Crippen LogP) is 4.65. The van der Waals surface area contributed by atoms with Crippen LogP contribution in [0.4, 0.5) is 5.69 Å². The van der Waals surface area contributed by atoms with E-state index >= 15 is 0 Å². The van der Waals surface area contributed by atoms with Gasteiger partial charge in [-0.25, -0.2) is 0 Å². The zero-order chi connectivity index (χ0) is 14.0. The number of carbonyl (C=O) groups is 1. The van der Waals surface area contributed by atoms with Crippen molar-refractivity contribution in [2.45, 2.75) is 6.42 Å². The standard InChI is InChI=1S/C14H10Cl3NO/c15-10-2-1-3-11(16)9(10)7-14(19)8-4-5-12(17)13(18)6-8/h1-6H,7,18H2. The van der Waals surface area contributed by atoms with Crippen molar-refractivity contribution < 1.29 is 4.79 Å². The number of ketones is 1. The summed E-state index contributed by atoms with van der Waals surface area (Å²) in [5, 5.41) is 1.37. The van der Waals surface area contributed by atoms with Gasteiger partial charge in [0.15, 0.2) is 5.78 Å². The lowest BCUT2D eigenvalue weighted by Crippen LogP contribution is -2.05. The predicted molar refractivity (Wildman–Crippen MR) is 80.4 cm³/mol. The highest BCUT2D eigenvalue weighted by Crippen LogP contribution is 2.26. The SMILES string of the molecule is Nc1cc(C(=O)Cc2c(Cl)cccc2Cl)ccc1Cl. The summed E-state index contributed by atoms with van der Waals surface area (Å²) < 4.78 is 0. The summed E-state index contributed by atoms with van der Waals surface area (Å²) in [6, 6.07) is 9.91. The quantitative estimate of drug-likeness (QED) is 0.661. The van der Waals surface area contributed by atoms with Crippen LogP contribution in [-0.4, -0.2) is 5.78 Å². The first kappa shape index (κ1) is 14.2. The van der Waals surface area contributed by atoms with Crippen LogP contribution in [-0.2, 0) is 6.42 Å². The number of rotatable bonds is 3. The zero-order valence-electron chi connectivity index (χ0n) is 9.79. The maximum absolute atomic E-state index is 12.2. The van der Waals surface area contributed by atoms with Crippen molar-refractivity contribution in [3.63, 3.8) is 0 Å². The Balaban J connectivity index is 2.28. The third-order valence-electron chi connectivity index (χ3n) is 2.72. The van der Waals surface area contributed by atoms with Gasteiger partial charge in [0.1, 0.15) is 0 Å². The highest BCUT2D eigenvalue weighted by molar-refractivity contribution is 6.36. The molecule has 2 aromatic rings. The van der Waals surface area contributed by atoms with E-state index in [4.69, 9.17) is 40.5 Å². The third-order valence-corrected chi connectivity index (χ3v) is 3.77. The number of nitrogens with two attached hydrogens (primary N) is 1. The Morgan fingerprint density at radius 1 is 1.00 bits per heavy atom. The number of Topliss-reactive ketones (excluding diaryl/α,β-unsaturated/α-hetero) is 1. The van der Waals surface area contributed by atoms with Gasteiger partial charge in [-0.15, -0.1) is 0 Å². The minimum absolute atomic E-state index is 0.113. The summed E-state index contributed by atoms with van der Waals surface area (Å²) in [6.07, 6.45) is 0.125. The van der Waals surface area contributed by atoms with E-state index in [2.05, 4.69) is 0 Å². The molecule has 2 rings (SSSR count). The topological polar surface area (TPSA) is 43.1 Å². The number of hydrogen-bond acceptors (Lipinski definition) is 2. The van der Waals surface area contributed by atoms with E-state index in [-0.39, 0.29) is 12.2 Å². The van der Waals surface area contributed by atoms with Gasteiger partial charge in [0, 0.05) is 22.0 Å². The number of anilines is 1. The molecule has 0 spiro atoms. The molecule has 2 N–H and O–H groups in total. The monoisotopic (exact) mass is 313 g/mol. The summed E-state index contributed by atoms with van der Waals surface area (Å²) in [4.78, 5) is 12.2. The number of benzene rings is 2. The minimum atomic E-state index is -0.113. The summed E-state index contributed by atoms with van der Waals surface area (Å²) >= 11 is 17.9. The fraction of sp³-hybridized carbons (Fsp3) is 0.0714. The van der Waals surface area contributed by atoms with Crippen LogP contribution in [0.5, 0.6) is 0 Å². The normalized spacial score (nSPS) is 10.5. The van der Waals surface area contributed by atoms with Gasteiger partial charge in [0.05, 0.1) is 10.7 Å². The van der Waals surface area contributed by atoms with Crippen molar-refractivity contribution in [2.24, 2.45) is 0 Å². The van der Waals surface area contributed by atoms with Gasteiger partial charge < -0.3 is 5.73 Å². The molecule has 0 aliphatic heterocycles. The van der Waals surface area contributed by atoms with Crippen LogP contribution >= 0.6 is 34.8 Å². The van der Waals surface area contributed by atoms with Gasteiger partial charge in [-0.3, -0.25) is 4.79 Å². The number of halogens is 3. The van der Waals surface area contributed by atoms with Gasteiger partial charge in [-0.05, 0) is 35.9 Å². The number of nitrogen functional groups attached to an aromatic ring is 1. The molecule has 0 bridgehead atoms. The van der Waals surface area contributed by atoms with Crippen LogP contribution in [0.1, 0.15) is 15.9 Å². The van der Waals surface area contributed by atoms with E-state index in [1.54, 1.807) is 36.4 Å². The Morgan fingerprint density at radius 3 is 2.21 bits per heavy atom. The highest BCUT2D eigenvalue weighted by Gasteiger charge is 2.13. The molecule has 98 valence electrons. The third kappa shape index (κ3) is 3.21. The van der Waals surface area contributed by atoms with Crippen molar-refractivity contribution in [3.05, 3.63) is 62.6 Å². The van der Waals surface area contributed by atoms with Crippen LogP contribution in [0.15, 0.2) is 36.4 Å². The lowest BCUT2D eigenvalue weighted by Gasteiger charge is -2.07. The van der Waals surface area contributed by atoms with Crippen molar-refractivity contribution in [1.82, 2.24) is 0 Å². The molecule has 0 unspecified atom stereocenters. The number of hydrogen-bond donors (Lipinski definition) is 1. The number of carbonyl (C=O) groups excluding carboxylic acids is 1. The smallest absolute Gasteiger partial charge is 0.167 e. The lowest BCUT2D eigenvalue weighted by molar-refractivity contribution is 0.0993. The zero-order valence-corrected chi connectivity index (χ0v) is 12.1. The molecule has 0 saturated heterocycles. The van der Waals surface area contributed by atoms with Crippen LogP contribution in [0.2, 0.25) is 15.1 Å². The maximum atomic E-state index is 12.2. The van der Waals surface area contributed by atoms with Crippen molar-refractivity contribution in [1.29, 1.82) is 0 Å². The van der Waals surface area contributed by atoms with E-state index in [0.717, 1.165) is 0 Å². The van der Waals surface area contributed by atoms with E-state index in [1.807, 2.05) is 0 Å². The van der Waals surface area contributed by atoms with Crippen LogP contribution in [0, 0.1) is 0 Å². The van der Waals surface area contributed by atoms with Crippen LogP contribution in [0.25, 0.3) is 0 Å². The molecule has 0 aromatic heterocycles. The van der Waals surface area contributed by atoms with Gasteiger partial charge >= 0.3 is 0 Å². The molecule has 0 aliphatic carbocycles. The van der Waals surface area contributed by atoms with Crippen LogP contribution < -0.4 is 5.73 Å². The molecule has 0 heterocycles. The van der Waals surface area contributed by atoms with Gasteiger partial charge in [-0.2, -0.15) is 0 Å². The Bertz CT molecular complexity index is 620. The second-order valence-corrected chi connectivity index (χ2v) is 5.26. The largest absolute Gasteiger partial charge is 0.398 e. The van der Waals surface area contributed by atoms with Crippen molar-refractivity contribution in [2.75, 3.05) is 5.73 Å². The molecule has 2 aromatic carbocycles. The van der Waals surface area contributed by atoms with Gasteiger partial charge in [-0.1, -0.05) is 40.9 Å². The molecule has 19 heavy (non-hydrogen) atoms. The first-order valence-corrected chi connectivity index (χ1v) is 6.63. The molecule has 0 aliphatic rings. The van der Waals surface area contributed by atoms with Crippen molar-refractivity contribution in [3.8, 4) is 0 Å². The molecule has 0 fully saturated rings. The van der Waals surface area contributed by atoms with E-state index in [9.17, 15) is 4.79 Å². The molecule has 2 nitrogen and oxygen atoms in total. The van der Waals surface area contributed by atoms with E-state index < -0.39 is 0 Å². The van der Waals surface area contributed by atoms with E-state index in [0.29, 0.717) is 31.9 Å². The summed E-state index contributed by atoms with van der Waals surface area (Å²) in [5.41, 5.74) is 7.15. The van der Waals surface area contributed by atoms with Gasteiger partial charge in [0.25, 0.3) is 0 Å². The molecule has 0 amide bonds. The van der Waals surface area contributed by atoms with Crippen molar-refractivity contribution >= 4 is 46.3 Å². The van der Waals surface area contributed by atoms with Crippen LogP contribution in [0.3, 0.4) is 0 Å². The average molecular weight is 315 g/mol. The second-order valence-electron chi connectivity index (χ2n) is 4.04. The molecule has 0 atom stereocenters. The maximum Gasteiger partial charge on any atom is 0.167 e. The lowest BCUT2D eigenvalue weighted by atomic mass is 10.0. The molecular formula is C14H10Cl3NO. The summed E-state index contributed by atoms with van der Waals surface area (Å²) in [6.45, 7) is 0. The fourth-order valence-corrected chi connectivity index (χ4v) is 2.33. The summed E-state index contributed by atoms with van der Waals surface area (Å²) in [5.74, 6) is -0.113. The Kier molecular flexibility index (Phi) is 4.35. The average Bonchev–Trinajstić information content (AvgIpc) is 2.37. The summed E-state index contributed by atoms with van der Waals surface area (Å²) in [7, 11) is 0. The molecule has 0 radical (unpaired) electrons. The van der Waals surface area contributed by atoms with E-state index in [1.165, 1.54) is 0 Å². The Labute approximate surface area is 126 Å². The second kappa shape index (κ2) is 5.83. The first-order chi connectivity index (χ1) is 8.99. The van der Waals surface area contributed by atoms with Gasteiger partial charge in [0.2, 0.25) is 0 Å². The highest BCUT2D eigenvalue weighted by atomic mass is 35.5. The Hall–Kier alpha value is -1.22. The first-order valence-electron chi connectivity index (χ1n) is 5.50. The fourth-order valence-electron chi connectivity index (χ4n) is 1.68. The molecule has 0 saturated carbocycles. The minimum Gasteiger partial charge on any atom is -0.398 e. The molecular weight excluding hydrogens is 305 g/mol. The molecule has 5 heteroatoms.